The minimum absolute atomic E-state index is 0.0334. The quantitative estimate of drug-likeness (QED) is 0.737. The predicted molar refractivity (Wildman–Crippen MR) is 87.0 cm³/mol. The number of rotatable bonds is 5. The first-order valence-electron chi connectivity index (χ1n) is 8.58. The van der Waals surface area contributed by atoms with Crippen LogP contribution in [0.4, 0.5) is 4.39 Å². The third-order valence-corrected chi connectivity index (χ3v) is 4.84. The van der Waals surface area contributed by atoms with E-state index in [1.54, 1.807) is 17.0 Å². The summed E-state index contributed by atoms with van der Waals surface area (Å²) < 4.78 is 18.0. The fraction of sp³-hybridized carbons (Fsp3) is 0.471. The smallest absolute Gasteiger partial charge is 0.311 e. The number of likely N-dealkylation sites (tertiary alicyclic amines) is 1. The van der Waals surface area contributed by atoms with E-state index in [9.17, 15) is 14.0 Å². The van der Waals surface area contributed by atoms with Crippen LogP contribution in [0.1, 0.15) is 12.8 Å². The summed E-state index contributed by atoms with van der Waals surface area (Å²) in [4.78, 5) is 27.0. The Morgan fingerprint density at radius 1 is 1.27 bits per heavy atom. The zero-order valence-electron chi connectivity index (χ0n) is 14.0. The van der Waals surface area contributed by atoms with Crippen LogP contribution in [0.3, 0.4) is 0 Å². The Kier molecular flexibility index (Phi) is 4.36. The lowest BCUT2D eigenvalue weighted by Crippen LogP contribution is -2.30. The average molecular weight is 359 g/mol. The summed E-state index contributed by atoms with van der Waals surface area (Å²) in [6.07, 6.45) is 0.941. The predicted octanol–water partition coefficient (Wildman–Crippen LogP) is 0.891. The standard InChI is InChI=1S/C17H18FN5O3/c18-13-5-3-11(4-6-13)16-19-21-23(20-16)7-1-2-15(24)22-8-12-10-26-17(25)14(12)9-22/h3-6,12,14H,1-2,7-10H2/t12-,14-/m1/s1. The van der Waals surface area contributed by atoms with E-state index >= 15 is 0 Å². The second-order valence-corrected chi connectivity index (χ2v) is 6.61. The van der Waals surface area contributed by atoms with Gasteiger partial charge in [-0.3, -0.25) is 9.59 Å². The number of ether oxygens (including phenoxy) is 1. The van der Waals surface area contributed by atoms with Crippen molar-refractivity contribution in [3.8, 4) is 11.4 Å². The molecule has 9 heteroatoms. The summed E-state index contributed by atoms with van der Waals surface area (Å²) in [5, 5.41) is 12.2. The molecule has 2 aliphatic rings. The van der Waals surface area contributed by atoms with Gasteiger partial charge in [0.1, 0.15) is 5.82 Å². The Labute approximate surface area is 148 Å². The van der Waals surface area contributed by atoms with Crippen LogP contribution >= 0.6 is 0 Å². The molecule has 2 aliphatic heterocycles. The first kappa shape index (κ1) is 16.6. The SMILES string of the molecule is O=C1OC[C@H]2CN(C(=O)CCCn3nnc(-c4ccc(F)cc4)n3)C[C@@H]12. The molecule has 2 saturated heterocycles. The molecular formula is C17H18FN5O3. The molecule has 0 radical (unpaired) electrons. The maximum atomic E-state index is 13.0. The molecule has 1 aromatic carbocycles. The number of hydrogen-bond acceptors (Lipinski definition) is 6. The van der Waals surface area contributed by atoms with Gasteiger partial charge in [0.25, 0.3) is 0 Å². The Balaban J connectivity index is 1.27. The first-order valence-corrected chi connectivity index (χ1v) is 8.58. The van der Waals surface area contributed by atoms with Crippen LogP contribution in [0.5, 0.6) is 0 Å². The molecule has 3 heterocycles. The van der Waals surface area contributed by atoms with Crippen molar-refractivity contribution in [3.63, 3.8) is 0 Å². The van der Waals surface area contributed by atoms with E-state index in [2.05, 4.69) is 15.4 Å². The number of cyclic esters (lactones) is 1. The summed E-state index contributed by atoms with van der Waals surface area (Å²) in [6, 6.07) is 5.87. The molecule has 0 unspecified atom stereocenters. The summed E-state index contributed by atoms with van der Waals surface area (Å²) in [5.74, 6) is -0.0754. The number of tetrazole rings is 1. The molecule has 2 aromatic rings. The monoisotopic (exact) mass is 359 g/mol. The zero-order valence-corrected chi connectivity index (χ0v) is 14.0. The van der Waals surface area contributed by atoms with Crippen LogP contribution < -0.4 is 0 Å². The van der Waals surface area contributed by atoms with Gasteiger partial charge in [0, 0.05) is 31.0 Å². The number of fused-ring (bicyclic) bond motifs is 1. The van der Waals surface area contributed by atoms with E-state index in [0.29, 0.717) is 50.5 Å². The molecule has 0 N–H and O–H groups in total. The highest BCUT2D eigenvalue weighted by Crippen LogP contribution is 2.30. The number of nitrogens with zero attached hydrogens (tertiary/aromatic N) is 5. The van der Waals surface area contributed by atoms with Crippen molar-refractivity contribution in [3.05, 3.63) is 30.1 Å². The Hall–Kier alpha value is -2.84. The number of esters is 1. The maximum absolute atomic E-state index is 13.0. The molecule has 0 saturated carbocycles. The summed E-state index contributed by atoms with van der Waals surface area (Å²) >= 11 is 0. The lowest BCUT2D eigenvalue weighted by Gasteiger charge is -2.16. The highest BCUT2D eigenvalue weighted by atomic mass is 19.1. The number of hydrogen-bond donors (Lipinski definition) is 0. The molecule has 0 bridgehead atoms. The second kappa shape index (κ2) is 6.81. The van der Waals surface area contributed by atoms with E-state index in [4.69, 9.17) is 4.74 Å². The van der Waals surface area contributed by atoms with Crippen molar-refractivity contribution in [2.24, 2.45) is 11.8 Å². The van der Waals surface area contributed by atoms with Gasteiger partial charge in [-0.05, 0) is 35.9 Å². The maximum Gasteiger partial charge on any atom is 0.311 e. The lowest BCUT2D eigenvalue weighted by atomic mass is 10.0. The zero-order chi connectivity index (χ0) is 18.1. The lowest BCUT2D eigenvalue weighted by molar-refractivity contribution is -0.142. The fourth-order valence-electron chi connectivity index (χ4n) is 3.39. The van der Waals surface area contributed by atoms with Gasteiger partial charge in [0.15, 0.2) is 0 Å². The molecule has 4 rings (SSSR count). The highest BCUT2D eigenvalue weighted by molar-refractivity contribution is 5.80. The van der Waals surface area contributed by atoms with Crippen molar-refractivity contribution in [2.75, 3.05) is 19.7 Å². The van der Waals surface area contributed by atoms with Crippen molar-refractivity contribution >= 4 is 11.9 Å². The van der Waals surface area contributed by atoms with Gasteiger partial charge in [-0.15, -0.1) is 10.2 Å². The van der Waals surface area contributed by atoms with Crippen molar-refractivity contribution < 1.29 is 18.7 Å². The minimum Gasteiger partial charge on any atom is -0.465 e. The van der Waals surface area contributed by atoms with E-state index in [1.165, 1.54) is 16.9 Å². The van der Waals surface area contributed by atoms with Crippen LogP contribution in [0.2, 0.25) is 0 Å². The van der Waals surface area contributed by atoms with Crippen LogP contribution in [0.15, 0.2) is 24.3 Å². The number of carbonyl (C=O) groups is 2. The molecule has 2 atom stereocenters. The van der Waals surface area contributed by atoms with Crippen LogP contribution in [0.25, 0.3) is 11.4 Å². The molecule has 136 valence electrons. The average Bonchev–Trinajstić information content (AvgIpc) is 3.33. The molecule has 2 fully saturated rings. The van der Waals surface area contributed by atoms with Gasteiger partial charge < -0.3 is 9.64 Å². The van der Waals surface area contributed by atoms with Gasteiger partial charge in [0.05, 0.1) is 19.1 Å². The molecule has 0 spiro atoms. The van der Waals surface area contributed by atoms with Gasteiger partial charge in [-0.2, -0.15) is 4.80 Å². The van der Waals surface area contributed by atoms with Crippen LogP contribution in [-0.4, -0.2) is 56.7 Å². The number of aryl methyl sites for hydroxylation is 1. The fourth-order valence-corrected chi connectivity index (χ4v) is 3.39. The third-order valence-electron chi connectivity index (χ3n) is 4.84. The first-order chi connectivity index (χ1) is 12.6. The number of halogens is 1. The molecular weight excluding hydrogens is 341 g/mol. The second-order valence-electron chi connectivity index (χ2n) is 6.61. The molecule has 0 aliphatic carbocycles. The van der Waals surface area contributed by atoms with Gasteiger partial charge in [0.2, 0.25) is 11.7 Å². The number of carbonyl (C=O) groups excluding carboxylic acids is 2. The number of aromatic nitrogens is 4. The van der Waals surface area contributed by atoms with Gasteiger partial charge in [-0.1, -0.05) is 0 Å². The normalized spacial score (nSPS) is 21.7. The van der Waals surface area contributed by atoms with Crippen molar-refractivity contribution in [2.45, 2.75) is 19.4 Å². The Bertz CT molecular complexity index is 822. The van der Waals surface area contributed by atoms with Crippen molar-refractivity contribution in [1.82, 2.24) is 25.1 Å². The Morgan fingerprint density at radius 3 is 2.85 bits per heavy atom. The molecule has 8 nitrogen and oxygen atoms in total. The molecule has 1 aromatic heterocycles. The van der Waals surface area contributed by atoms with E-state index < -0.39 is 0 Å². The summed E-state index contributed by atoms with van der Waals surface area (Å²) in [5.41, 5.74) is 0.684. The van der Waals surface area contributed by atoms with Crippen LogP contribution in [0, 0.1) is 17.7 Å². The minimum atomic E-state index is -0.320. The third kappa shape index (κ3) is 3.29. The van der Waals surface area contributed by atoms with Gasteiger partial charge in [-0.25, -0.2) is 4.39 Å². The number of amides is 1. The van der Waals surface area contributed by atoms with E-state index in [-0.39, 0.29) is 29.5 Å². The molecule has 1 amide bonds. The number of benzene rings is 1. The van der Waals surface area contributed by atoms with Crippen molar-refractivity contribution in [1.29, 1.82) is 0 Å². The summed E-state index contributed by atoms with van der Waals surface area (Å²) in [7, 11) is 0. The molecule has 26 heavy (non-hydrogen) atoms. The Morgan fingerprint density at radius 2 is 2.08 bits per heavy atom. The summed E-state index contributed by atoms with van der Waals surface area (Å²) in [6.45, 7) is 1.93. The highest BCUT2D eigenvalue weighted by Gasteiger charge is 2.45. The topological polar surface area (TPSA) is 90.2 Å². The van der Waals surface area contributed by atoms with Gasteiger partial charge >= 0.3 is 5.97 Å². The largest absolute Gasteiger partial charge is 0.465 e. The van der Waals surface area contributed by atoms with Crippen LogP contribution in [-0.2, 0) is 20.9 Å². The van der Waals surface area contributed by atoms with E-state index in [1.807, 2.05) is 0 Å². The van der Waals surface area contributed by atoms with E-state index in [0.717, 1.165) is 0 Å².